The van der Waals surface area contributed by atoms with Crippen molar-refractivity contribution < 1.29 is 4.79 Å². The summed E-state index contributed by atoms with van der Waals surface area (Å²) in [6.07, 6.45) is 6.12. The highest BCUT2D eigenvalue weighted by molar-refractivity contribution is 5.85. The van der Waals surface area contributed by atoms with Gasteiger partial charge in [-0.1, -0.05) is 12.8 Å². The maximum atomic E-state index is 12.9. The highest BCUT2D eigenvalue weighted by Gasteiger charge is 2.44. The minimum atomic E-state index is -0.765. The molecule has 6 nitrogen and oxygen atoms in total. The number of aromatic nitrogens is 2. The van der Waals surface area contributed by atoms with Gasteiger partial charge >= 0.3 is 0 Å². The van der Waals surface area contributed by atoms with Crippen molar-refractivity contribution in [3.63, 3.8) is 0 Å². The molecule has 1 aliphatic heterocycles. The number of amides is 1. The van der Waals surface area contributed by atoms with Crippen molar-refractivity contribution in [1.82, 2.24) is 19.4 Å². The van der Waals surface area contributed by atoms with E-state index in [1.54, 1.807) is 0 Å². The van der Waals surface area contributed by atoms with Crippen LogP contribution in [0.15, 0.2) is 6.20 Å². The first-order chi connectivity index (χ1) is 11.1. The van der Waals surface area contributed by atoms with Gasteiger partial charge in [0.2, 0.25) is 5.91 Å². The number of fused-ring (bicyclic) bond motifs is 1. The molecule has 1 aromatic heterocycles. The lowest BCUT2D eigenvalue weighted by molar-refractivity contribution is -0.138. The maximum Gasteiger partial charge on any atom is 0.243 e. The Balaban J connectivity index is 1.74. The molecule has 23 heavy (non-hydrogen) atoms. The van der Waals surface area contributed by atoms with Crippen LogP contribution in [0.5, 0.6) is 0 Å². The molecule has 0 atom stereocenters. The number of rotatable bonds is 3. The second kappa shape index (κ2) is 6.32. The topological polar surface area (TPSA) is 65.2 Å². The summed E-state index contributed by atoms with van der Waals surface area (Å²) in [5, 5.41) is 9.54. The smallest absolute Gasteiger partial charge is 0.243 e. The Hall–Kier alpha value is -1.87. The molecule has 3 rings (SSSR count). The van der Waals surface area contributed by atoms with E-state index >= 15 is 0 Å². The number of carbonyl (C=O) groups excluding carboxylic acids is 1. The molecule has 0 spiro atoms. The summed E-state index contributed by atoms with van der Waals surface area (Å²) in [4.78, 5) is 21.5. The van der Waals surface area contributed by atoms with E-state index in [9.17, 15) is 10.1 Å². The van der Waals surface area contributed by atoms with Crippen LogP contribution in [-0.4, -0.2) is 52.4 Å². The van der Waals surface area contributed by atoms with Gasteiger partial charge in [0.05, 0.1) is 11.8 Å². The largest absolute Gasteiger partial charge is 0.339 e. The Morgan fingerprint density at radius 3 is 2.74 bits per heavy atom. The predicted molar refractivity (Wildman–Crippen MR) is 86.4 cm³/mol. The van der Waals surface area contributed by atoms with Crippen LogP contribution in [0.4, 0.5) is 0 Å². The third kappa shape index (κ3) is 2.98. The van der Waals surface area contributed by atoms with E-state index < -0.39 is 5.41 Å². The summed E-state index contributed by atoms with van der Waals surface area (Å²) in [5.41, 5.74) is 0.425. The van der Waals surface area contributed by atoms with Crippen molar-refractivity contribution in [3.05, 3.63) is 17.7 Å². The summed E-state index contributed by atoms with van der Waals surface area (Å²) in [6.45, 7) is 2.96. The lowest BCUT2D eigenvalue weighted by Crippen LogP contribution is -2.43. The summed E-state index contributed by atoms with van der Waals surface area (Å²) in [5.74, 6) is 1.09. The Morgan fingerprint density at radius 1 is 1.35 bits per heavy atom. The van der Waals surface area contributed by atoms with Gasteiger partial charge in [0.15, 0.2) is 0 Å². The number of hydrogen-bond donors (Lipinski definition) is 0. The molecule has 1 fully saturated rings. The molecule has 124 valence electrons. The van der Waals surface area contributed by atoms with Crippen LogP contribution in [-0.2, 0) is 24.3 Å². The predicted octanol–water partition coefficient (Wildman–Crippen LogP) is 1.41. The van der Waals surface area contributed by atoms with Crippen LogP contribution in [0.25, 0.3) is 0 Å². The van der Waals surface area contributed by atoms with Crippen LogP contribution < -0.4 is 0 Å². The van der Waals surface area contributed by atoms with Crippen molar-refractivity contribution in [3.8, 4) is 6.07 Å². The minimum absolute atomic E-state index is 0.0393. The number of hydrogen-bond acceptors (Lipinski definition) is 4. The van der Waals surface area contributed by atoms with Crippen molar-refractivity contribution in [2.24, 2.45) is 5.41 Å². The lowest BCUT2D eigenvalue weighted by Gasteiger charge is -2.28. The van der Waals surface area contributed by atoms with Gasteiger partial charge < -0.3 is 14.4 Å². The molecule has 1 saturated carbocycles. The highest BCUT2D eigenvalue weighted by atomic mass is 16.2. The first-order valence-electron chi connectivity index (χ1n) is 8.44. The fraction of sp³-hybridized carbons (Fsp3) is 0.706. The molecule has 6 heteroatoms. The summed E-state index contributed by atoms with van der Waals surface area (Å²) in [6, 6.07) is 2.33. The zero-order valence-corrected chi connectivity index (χ0v) is 14.1. The second-order valence-electron chi connectivity index (χ2n) is 7.00. The van der Waals surface area contributed by atoms with Gasteiger partial charge in [0, 0.05) is 38.8 Å². The monoisotopic (exact) mass is 315 g/mol. The molecular weight excluding hydrogens is 290 g/mol. The molecule has 0 radical (unpaired) electrons. The van der Waals surface area contributed by atoms with E-state index in [-0.39, 0.29) is 5.91 Å². The molecule has 1 aliphatic carbocycles. The fourth-order valence-electron chi connectivity index (χ4n) is 3.80. The average molecular weight is 315 g/mol. The Kier molecular flexibility index (Phi) is 4.40. The zero-order valence-electron chi connectivity index (χ0n) is 14.1. The molecule has 0 aromatic carbocycles. The summed E-state index contributed by atoms with van der Waals surface area (Å²) < 4.78 is 2.24. The molecule has 0 N–H and O–H groups in total. The van der Waals surface area contributed by atoms with Crippen molar-refractivity contribution >= 4 is 5.91 Å². The minimum Gasteiger partial charge on any atom is -0.339 e. The zero-order chi connectivity index (χ0) is 16.4. The van der Waals surface area contributed by atoms with Crippen LogP contribution in [0, 0.1) is 16.7 Å². The van der Waals surface area contributed by atoms with E-state index in [1.807, 2.05) is 25.2 Å². The van der Waals surface area contributed by atoms with Gasteiger partial charge in [0.1, 0.15) is 11.2 Å². The molecule has 2 aliphatic rings. The number of nitriles is 1. The quantitative estimate of drug-likeness (QED) is 0.846. The fourth-order valence-corrected chi connectivity index (χ4v) is 3.80. The molecule has 0 unspecified atom stereocenters. The Labute approximate surface area is 137 Å². The first kappa shape index (κ1) is 16.0. The van der Waals surface area contributed by atoms with Gasteiger partial charge in [-0.25, -0.2) is 4.98 Å². The molecule has 0 saturated heterocycles. The van der Waals surface area contributed by atoms with E-state index in [1.165, 1.54) is 5.69 Å². The maximum absolute atomic E-state index is 12.9. The molecular formula is C17H25N5O. The van der Waals surface area contributed by atoms with E-state index in [4.69, 9.17) is 0 Å². The third-order valence-electron chi connectivity index (χ3n) is 5.07. The van der Waals surface area contributed by atoms with Crippen LogP contribution in [0.1, 0.15) is 37.2 Å². The van der Waals surface area contributed by atoms with E-state index in [2.05, 4.69) is 20.5 Å². The van der Waals surface area contributed by atoms with Crippen LogP contribution in [0.2, 0.25) is 0 Å². The van der Waals surface area contributed by atoms with E-state index in [0.717, 1.165) is 51.0 Å². The Morgan fingerprint density at radius 2 is 2.09 bits per heavy atom. The molecule has 2 heterocycles. The number of carbonyl (C=O) groups is 1. The van der Waals surface area contributed by atoms with Gasteiger partial charge in [-0.05, 0) is 26.9 Å². The van der Waals surface area contributed by atoms with Gasteiger partial charge in [-0.2, -0.15) is 5.26 Å². The average Bonchev–Trinajstić information content (AvgIpc) is 3.10. The van der Waals surface area contributed by atoms with Crippen molar-refractivity contribution in [2.45, 2.75) is 45.2 Å². The Bertz CT molecular complexity index is 621. The lowest BCUT2D eigenvalue weighted by atomic mass is 9.86. The first-order valence-corrected chi connectivity index (χ1v) is 8.44. The molecule has 0 bridgehead atoms. The van der Waals surface area contributed by atoms with Crippen molar-refractivity contribution in [1.29, 1.82) is 5.26 Å². The molecule has 1 aromatic rings. The van der Waals surface area contributed by atoms with Crippen molar-refractivity contribution in [2.75, 3.05) is 27.2 Å². The normalized spacial score (nSPS) is 20.2. The standard InChI is InChI=1S/C17H25N5O/c1-20(2)12-14-11-19-15-5-8-21(9-10-22(14)15)16(23)17(13-18)6-3-4-7-17/h11H,3-10,12H2,1-2H3. The number of imidazole rings is 1. The SMILES string of the molecule is CN(C)Cc1cnc2n1CCN(C(=O)C1(C#N)CCCC1)CC2. The van der Waals surface area contributed by atoms with Gasteiger partial charge in [-0.3, -0.25) is 4.79 Å². The third-order valence-corrected chi connectivity index (χ3v) is 5.07. The number of nitrogens with zero attached hydrogens (tertiary/aromatic N) is 5. The van der Waals surface area contributed by atoms with Gasteiger partial charge in [0.25, 0.3) is 0 Å². The van der Waals surface area contributed by atoms with Crippen LogP contribution in [0.3, 0.4) is 0 Å². The molecule has 1 amide bonds. The highest BCUT2D eigenvalue weighted by Crippen LogP contribution is 2.39. The summed E-state index contributed by atoms with van der Waals surface area (Å²) in [7, 11) is 4.09. The van der Waals surface area contributed by atoms with Crippen LogP contribution >= 0.6 is 0 Å². The van der Waals surface area contributed by atoms with E-state index in [0.29, 0.717) is 13.1 Å². The second-order valence-corrected chi connectivity index (χ2v) is 7.00. The summed E-state index contributed by atoms with van der Waals surface area (Å²) >= 11 is 0. The van der Waals surface area contributed by atoms with Gasteiger partial charge in [-0.15, -0.1) is 0 Å².